The summed E-state index contributed by atoms with van der Waals surface area (Å²) in [6.07, 6.45) is 1.62. The van der Waals surface area contributed by atoms with Crippen LogP contribution in [0.4, 0.5) is 0 Å². The minimum atomic E-state index is -3.43. The summed E-state index contributed by atoms with van der Waals surface area (Å²) in [6.45, 7) is 11.0. The van der Waals surface area contributed by atoms with Gasteiger partial charge in [-0.15, -0.1) is 0 Å². The van der Waals surface area contributed by atoms with Gasteiger partial charge in [0.2, 0.25) is 10.0 Å². The van der Waals surface area contributed by atoms with Gasteiger partial charge in [0.05, 0.1) is 5.25 Å². The quantitative estimate of drug-likeness (QED) is 0.666. The van der Waals surface area contributed by atoms with Crippen molar-refractivity contribution in [3.05, 3.63) is 0 Å². The van der Waals surface area contributed by atoms with E-state index in [4.69, 9.17) is 0 Å². The fourth-order valence-corrected chi connectivity index (χ4v) is 3.28. The molecule has 5 nitrogen and oxygen atoms in total. The predicted molar refractivity (Wildman–Crippen MR) is 89.2 cm³/mol. The van der Waals surface area contributed by atoms with Crippen LogP contribution in [-0.2, 0) is 19.6 Å². The SMILES string of the molecule is CCC(=O)CCNS(=O)(=O)C(C)CCC(C)C(=O)C(C)(C)C. The van der Waals surface area contributed by atoms with E-state index in [2.05, 4.69) is 4.72 Å². The molecule has 0 rings (SSSR count). The molecule has 0 fully saturated rings. The molecule has 2 atom stereocenters. The first-order valence-electron chi connectivity index (χ1n) is 7.96. The van der Waals surface area contributed by atoms with Crippen molar-refractivity contribution in [2.75, 3.05) is 6.54 Å². The molecule has 0 aliphatic heterocycles. The van der Waals surface area contributed by atoms with Crippen LogP contribution in [-0.4, -0.2) is 31.8 Å². The number of carbonyl (C=O) groups excluding carboxylic acids is 2. The average Bonchev–Trinajstić information content (AvgIpc) is 2.41. The number of hydrogen-bond donors (Lipinski definition) is 1. The molecule has 0 aromatic heterocycles. The standard InChI is InChI=1S/C16H31NO4S/c1-7-14(18)10-11-17-22(20,21)13(3)9-8-12(2)15(19)16(4,5)6/h12-13,17H,7-11H2,1-6H3. The van der Waals surface area contributed by atoms with Crippen LogP contribution in [0.1, 0.15) is 67.2 Å². The molecule has 0 saturated carbocycles. The van der Waals surface area contributed by atoms with E-state index < -0.39 is 20.7 Å². The van der Waals surface area contributed by atoms with Crippen LogP contribution >= 0.6 is 0 Å². The highest BCUT2D eigenvalue weighted by molar-refractivity contribution is 7.90. The highest BCUT2D eigenvalue weighted by Crippen LogP contribution is 2.24. The molecule has 0 heterocycles. The van der Waals surface area contributed by atoms with Gasteiger partial charge in [-0.05, 0) is 19.8 Å². The van der Waals surface area contributed by atoms with Gasteiger partial charge in [-0.3, -0.25) is 9.59 Å². The maximum absolute atomic E-state index is 12.1. The number of sulfonamides is 1. The molecule has 0 radical (unpaired) electrons. The number of rotatable bonds is 10. The Balaban J connectivity index is 4.38. The normalized spacial score (nSPS) is 15.4. The minimum absolute atomic E-state index is 0.0414. The Hall–Kier alpha value is -0.750. The zero-order valence-corrected chi connectivity index (χ0v) is 15.5. The lowest BCUT2D eigenvalue weighted by Gasteiger charge is -2.23. The van der Waals surface area contributed by atoms with E-state index in [9.17, 15) is 18.0 Å². The Morgan fingerprint density at radius 2 is 1.64 bits per heavy atom. The van der Waals surface area contributed by atoms with Crippen molar-refractivity contribution in [3.63, 3.8) is 0 Å². The van der Waals surface area contributed by atoms with Crippen LogP contribution in [0.5, 0.6) is 0 Å². The highest BCUT2D eigenvalue weighted by atomic mass is 32.2. The lowest BCUT2D eigenvalue weighted by Crippen LogP contribution is -2.35. The average molecular weight is 333 g/mol. The Morgan fingerprint density at radius 3 is 2.09 bits per heavy atom. The Morgan fingerprint density at radius 1 is 1.09 bits per heavy atom. The number of ketones is 2. The van der Waals surface area contributed by atoms with E-state index in [-0.39, 0.29) is 30.4 Å². The van der Waals surface area contributed by atoms with Crippen molar-refractivity contribution in [1.82, 2.24) is 4.72 Å². The van der Waals surface area contributed by atoms with Crippen molar-refractivity contribution >= 4 is 21.6 Å². The Kier molecular flexibility index (Phi) is 8.47. The van der Waals surface area contributed by atoms with E-state index in [0.717, 1.165) is 0 Å². The third-order valence-electron chi connectivity index (χ3n) is 3.82. The molecule has 0 aromatic rings. The van der Waals surface area contributed by atoms with Crippen molar-refractivity contribution in [3.8, 4) is 0 Å². The summed E-state index contributed by atoms with van der Waals surface area (Å²) < 4.78 is 26.6. The van der Waals surface area contributed by atoms with E-state index >= 15 is 0 Å². The summed E-state index contributed by atoms with van der Waals surface area (Å²) in [7, 11) is -3.43. The molecular weight excluding hydrogens is 302 g/mol. The van der Waals surface area contributed by atoms with Gasteiger partial charge >= 0.3 is 0 Å². The fraction of sp³-hybridized carbons (Fsp3) is 0.875. The molecular formula is C16H31NO4S. The monoisotopic (exact) mass is 333 g/mol. The van der Waals surface area contributed by atoms with Crippen molar-refractivity contribution in [1.29, 1.82) is 0 Å². The van der Waals surface area contributed by atoms with E-state index in [1.165, 1.54) is 0 Å². The summed E-state index contributed by atoms with van der Waals surface area (Å²) in [5, 5.41) is -0.570. The first kappa shape index (κ1) is 21.2. The van der Waals surface area contributed by atoms with Gasteiger partial charge in [-0.1, -0.05) is 34.6 Å². The van der Waals surface area contributed by atoms with E-state index in [1.54, 1.807) is 13.8 Å². The highest BCUT2D eigenvalue weighted by Gasteiger charge is 2.28. The molecule has 2 unspecified atom stereocenters. The fourth-order valence-electron chi connectivity index (χ4n) is 2.16. The summed E-state index contributed by atoms with van der Waals surface area (Å²) in [5.74, 6) is 0.0395. The zero-order valence-electron chi connectivity index (χ0n) is 14.7. The molecule has 0 aliphatic carbocycles. The Bertz CT molecular complexity index is 477. The molecule has 1 N–H and O–H groups in total. The maximum atomic E-state index is 12.1. The first-order chi connectivity index (χ1) is 9.91. The lowest BCUT2D eigenvalue weighted by atomic mass is 9.82. The molecule has 0 bridgehead atoms. The van der Waals surface area contributed by atoms with Crippen LogP contribution in [0.25, 0.3) is 0 Å². The van der Waals surface area contributed by atoms with Gasteiger partial charge in [0.1, 0.15) is 11.6 Å². The number of carbonyl (C=O) groups is 2. The molecule has 6 heteroatoms. The second-order valence-electron chi connectivity index (χ2n) is 6.98. The van der Waals surface area contributed by atoms with Crippen molar-refractivity contribution in [2.24, 2.45) is 11.3 Å². The molecule has 0 amide bonds. The molecule has 0 saturated heterocycles. The maximum Gasteiger partial charge on any atom is 0.214 e. The van der Waals surface area contributed by atoms with Crippen molar-refractivity contribution < 1.29 is 18.0 Å². The molecule has 0 spiro atoms. The van der Waals surface area contributed by atoms with Gasteiger partial charge in [0, 0.05) is 30.7 Å². The molecule has 0 aliphatic rings. The smallest absolute Gasteiger partial charge is 0.214 e. The second kappa shape index (κ2) is 8.77. The van der Waals surface area contributed by atoms with Gasteiger partial charge in [-0.2, -0.15) is 0 Å². The number of hydrogen-bond acceptors (Lipinski definition) is 4. The van der Waals surface area contributed by atoms with Crippen LogP contribution in [0.15, 0.2) is 0 Å². The van der Waals surface area contributed by atoms with Crippen molar-refractivity contribution in [2.45, 2.75) is 72.5 Å². The minimum Gasteiger partial charge on any atom is -0.300 e. The van der Waals surface area contributed by atoms with E-state index in [0.29, 0.717) is 19.3 Å². The summed E-state index contributed by atoms with van der Waals surface area (Å²) >= 11 is 0. The number of nitrogens with one attached hydrogen (secondary N) is 1. The topological polar surface area (TPSA) is 80.3 Å². The molecule has 130 valence electrons. The van der Waals surface area contributed by atoms with Gasteiger partial charge < -0.3 is 0 Å². The van der Waals surface area contributed by atoms with Crippen LogP contribution < -0.4 is 4.72 Å². The number of Topliss-reactive ketones (excluding diaryl/α,β-unsaturated/α-hetero) is 2. The van der Waals surface area contributed by atoms with E-state index in [1.807, 2.05) is 27.7 Å². The summed E-state index contributed by atoms with van der Waals surface area (Å²) in [4.78, 5) is 23.3. The largest absolute Gasteiger partial charge is 0.300 e. The van der Waals surface area contributed by atoms with Crippen LogP contribution in [0, 0.1) is 11.3 Å². The molecule has 0 aromatic carbocycles. The molecule has 22 heavy (non-hydrogen) atoms. The van der Waals surface area contributed by atoms with Crippen LogP contribution in [0.2, 0.25) is 0 Å². The van der Waals surface area contributed by atoms with Gasteiger partial charge in [-0.25, -0.2) is 13.1 Å². The lowest BCUT2D eigenvalue weighted by molar-refractivity contribution is -0.130. The Labute approximate surface area is 135 Å². The van der Waals surface area contributed by atoms with Gasteiger partial charge in [0.15, 0.2) is 0 Å². The summed E-state index contributed by atoms with van der Waals surface area (Å²) in [6, 6.07) is 0. The third-order valence-corrected chi connectivity index (χ3v) is 5.73. The van der Waals surface area contributed by atoms with Crippen LogP contribution in [0.3, 0.4) is 0 Å². The zero-order chi connectivity index (χ0) is 17.6. The second-order valence-corrected chi connectivity index (χ2v) is 9.17. The first-order valence-corrected chi connectivity index (χ1v) is 9.51. The summed E-state index contributed by atoms with van der Waals surface area (Å²) in [5.41, 5.74) is -0.402. The third kappa shape index (κ3) is 7.49. The van der Waals surface area contributed by atoms with Gasteiger partial charge in [0.25, 0.3) is 0 Å². The predicted octanol–water partition coefficient (Wildman–Crippen LogP) is 2.70.